The summed E-state index contributed by atoms with van der Waals surface area (Å²) in [5, 5.41) is 4.29. The lowest BCUT2D eigenvalue weighted by Gasteiger charge is -2.21. The van der Waals surface area contributed by atoms with Crippen molar-refractivity contribution in [2.75, 3.05) is 19.8 Å². The van der Waals surface area contributed by atoms with Gasteiger partial charge in [0.1, 0.15) is 0 Å². The molecule has 96 valence electrons. The lowest BCUT2D eigenvalue weighted by molar-refractivity contribution is 0.123. The van der Waals surface area contributed by atoms with Crippen LogP contribution in [-0.2, 0) is 4.74 Å². The highest BCUT2D eigenvalue weighted by Gasteiger charge is 2.13. The summed E-state index contributed by atoms with van der Waals surface area (Å²) in [5.41, 5.74) is 2.49. The summed E-state index contributed by atoms with van der Waals surface area (Å²) in [7, 11) is 0. The standard InChI is InChI=1S/C14H22ClNO/c1-4-8-16-14(10-17-5-2)13-9-12(15)7-6-11(13)3/h6-7,9,14,16H,4-5,8,10H2,1-3H3. The zero-order valence-electron chi connectivity index (χ0n) is 10.9. The smallest absolute Gasteiger partial charge is 0.0661 e. The number of hydrogen-bond donors (Lipinski definition) is 1. The Labute approximate surface area is 109 Å². The van der Waals surface area contributed by atoms with E-state index in [4.69, 9.17) is 16.3 Å². The molecule has 3 heteroatoms. The highest BCUT2D eigenvalue weighted by atomic mass is 35.5. The molecule has 2 nitrogen and oxygen atoms in total. The van der Waals surface area contributed by atoms with Crippen LogP contribution in [0.3, 0.4) is 0 Å². The molecule has 0 heterocycles. The van der Waals surface area contributed by atoms with Crippen LogP contribution in [0.2, 0.25) is 5.02 Å². The maximum absolute atomic E-state index is 6.06. The molecule has 1 rings (SSSR count). The van der Waals surface area contributed by atoms with Crippen molar-refractivity contribution in [3.8, 4) is 0 Å². The van der Waals surface area contributed by atoms with Gasteiger partial charge in [-0.25, -0.2) is 0 Å². The zero-order chi connectivity index (χ0) is 12.7. The SMILES string of the molecule is CCCNC(COCC)c1cc(Cl)ccc1C. The number of aryl methyl sites for hydroxylation is 1. The summed E-state index contributed by atoms with van der Waals surface area (Å²) in [5.74, 6) is 0. The van der Waals surface area contributed by atoms with Crippen molar-refractivity contribution >= 4 is 11.6 Å². The summed E-state index contributed by atoms with van der Waals surface area (Å²) >= 11 is 6.06. The van der Waals surface area contributed by atoms with Gasteiger partial charge < -0.3 is 10.1 Å². The van der Waals surface area contributed by atoms with E-state index in [1.807, 2.05) is 19.1 Å². The first kappa shape index (κ1) is 14.5. The van der Waals surface area contributed by atoms with Gasteiger partial charge in [0, 0.05) is 11.6 Å². The van der Waals surface area contributed by atoms with Gasteiger partial charge >= 0.3 is 0 Å². The number of nitrogens with one attached hydrogen (secondary N) is 1. The summed E-state index contributed by atoms with van der Waals surface area (Å²) in [6, 6.07) is 6.25. The maximum atomic E-state index is 6.06. The van der Waals surface area contributed by atoms with Crippen LogP contribution in [0.5, 0.6) is 0 Å². The fourth-order valence-corrected chi connectivity index (χ4v) is 1.98. The van der Waals surface area contributed by atoms with Gasteiger partial charge in [-0.2, -0.15) is 0 Å². The second kappa shape index (κ2) is 7.70. The van der Waals surface area contributed by atoms with E-state index in [1.165, 1.54) is 11.1 Å². The molecule has 0 aliphatic carbocycles. The Morgan fingerprint density at radius 2 is 2.12 bits per heavy atom. The average Bonchev–Trinajstić information content (AvgIpc) is 2.33. The Morgan fingerprint density at radius 1 is 1.35 bits per heavy atom. The second-order valence-corrected chi connectivity index (χ2v) is 4.60. The van der Waals surface area contributed by atoms with Crippen molar-refractivity contribution in [3.63, 3.8) is 0 Å². The molecular weight excluding hydrogens is 234 g/mol. The minimum Gasteiger partial charge on any atom is -0.380 e. The molecule has 0 radical (unpaired) electrons. The van der Waals surface area contributed by atoms with Crippen LogP contribution in [0, 0.1) is 6.92 Å². The van der Waals surface area contributed by atoms with E-state index in [2.05, 4.69) is 25.2 Å². The largest absolute Gasteiger partial charge is 0.380 e. The normalized spacial score (nSPS) is 12.7. The molecule has 1 N–H and O–H groups in total. The van der Waals surface area contributed by atoms with Gasteiger partial charge in [0.25, 0.3) is 0 Å². The minimum absolute atomic E-state index is 0.230. The molecule has 0 fully saturated rings. The Bertz CT molecular complexity index is 333. The highest BCUT2D eigenvalue weighted by molar-refractivity contribution is 6.30. The first-order chi connectivity index (χ1) is 8.19. The van der Waals surface area contributed by atoms with Crippen LogP contribution in [-0.4, -0.2) is 19.8 Å². The van der Waals surface area contributed by atoms with Crippen molar-refractivity contribution in [2.24, 2.45) is 0 Å². The van der Waals surface area contributed by atoms with Gasteiger partial charge in [0.2, 0.25) is 0 Å². The molecule has 0 spiro atoms. The van der Waals surface area contributed by atoms with Crippen LogP contribution in [0.1, 0.15) is 37.4 Å². The molecule has 0 saturated carbocycles. The predicted molar refractivity (Wildman–Crippen MR) is 73.7 cm³/mol. The van der Waals surface area contributed by atoms with Crippen LogP contribution >= 0.6 is 11.6 Å². The van der Waals surface area contributed by atoms with Crippen LogP contribution < -0.4 is 5.32 Å². The third-order valence-corrected chi connectivity index (χ3v) is 2.98. The van der Waals surface area contributed by atoms with E-state index in [0.29, 0.717) is 6.61 Å². The quantitative estimate of drug-likeness (QED) is 0.802. The first-order valence-electron chi connectivity index (χ1n) is 6.26. The Balaban J connectivity index is 2.82. The lowest BCUT2D eigenvalue weighted by Crippen LogP contribution is -2.27. The Morgan fingerprint density at radius 3 is 2.76 bits per heavy atom. The van der Waals surface area contributed by atoms with Gasteiger partial charge in [-0.1, -0.05) is 24.6 Å². The third-order valence-electron chi connectivity index (χ3n) is 2.75. The number of hydrogen-bond acceptors (Lipinski definition) is 2. The number of rotatable bonds is 7. The fraction of sp³-hybridized carbons (Fsp3) is 0.571. The van der Waals surface area contributed by atoms with E-state index >= 15 is 0 Å². The second-order valence-electron chi connectivity index (χ2n) is 4.17. The van der Waals surface area contributed by atoms with Crippen molar-refractivity contribution < 1.29 is 4.74 Å². The molecule has 0 aliphatic heterocycles. The Kier molecular flexibility index (Phi) is 6.56. The molecule has 1 aromatic rings. The highest BCUT2D eigenvalue weighted by Crippen LogP contribution is 2.22. The summed E-state index contributed by atoms with van der Waals surface area (Å²) < 4.78 is 5.54. The maximum Gasteiger partial charge on any atom is 0.0661 e. The molecule has 1 aromatic carbocycles. The lowest BCUT2D eigenvalue weighted by atomic mass is 10.0. The van der Waals surface area contributed by atoms with Crippen molar-refractivity contribution in [1.82, 2.24) is 5.32 Å². The number of halogens is 1. The van der Waals surface area contributed by atoms with E-state index in [0.717, 1.165) is 24.6 Å². The molecule has 1 unspecified atom stereocenters. The Hall–Kier alpha value is -0.570. The summed E-state index contributed by atoms with van der Waals surface area (Å²) in [6.45, 7) is 8.71. The van der Waals surface area contributed by atoms with Gasteiger partial charge in [0.05, 0.1) is 12.6 Å². The topological polar surface area (TPSA) is 21.3 Å². The minimum atomic E-state index is 0.230. The number of benzene rings is 1. The van der Waals surface area contributed by atoms with Crippen LogP contribution in [0.25, 0.3) is 0 Å². The van der Waals surface area contributed by atoms with E-state index in [9.17, 15) is 0 Å². The molecular formula is C14H22ClNO. The van der Waals surface area contributed by atoms with Crippen molar-refractivity contribution in [3.05, 3.63) is 34.3 Å². The molecule has 0 saturated heterocycles. The van der Waals surface area contributed by atoms with Crippen molar-refractivity contribution in [2.45, 2.75) is 33.2 Å². The molecule has 0 aromatic heterocycles. The van der Waals surface area contributed by atoms with Crippen LogP contribution in [0.4, 0.5) is 0 Å². The zero-order valence-corrected chi connectivity index (χ0v) is 11.7. The van der Waals surface area contributed by atoms with Crippen molar-refractivity contribution in [1.29, 1.82) is 0 Å². The molecule has 1 atom stereocenters. The van der Waals surface area contributed by atoms with Gasteiger partial charge in [-0.15, -0.1) is 0 Å². The average molecular weight is 256 g/mol. The predicted octanol–water partition coefficient (Wildman–Crippen LogP) is 3.73. The summed E-state index contributed by atoms with van der Waals surface area (Å²) in [4.78, 5) is 0. The first-order valence-corrected chi connectivity index (χ1v) is 6.64. The van der Waals surface area contributed by atoms with E-state index in [1.54, 1.807) is 0 Å². The molecule has 17 heavy (non-hydrogen) atoms. The van der Waals surface area contributed by atoms with Gasteiger partial charge in [-0.3, -0.25) is 0 Å². The molecule has 0 amide bonds. The molecule has 0 aliphatic rings. The fourth-order valence-electron chi connectivity index (χ4n) is 1.80. The van der Waals surface area contributed by atoms with E-state index in [-0.39, 0.29) is 6.04 Å². The monoisotopic (exact) mass is 255 g/mol. The van der Waals surface area contributed by atoms with Gasteiger partial charge in [-0.05, 0) is 50.1 Å². The van der Waals surface area contributed by atoms with Crippen LogP contribution in [0.15, 0.2) is 18.2 Å². The third kappa shape index (κ3) is 4.66. The van der Waals surface area contributed by atoms with Gasteiger partial charge in [0.15, 0.2) is 0 Å². The number of ether oxygens (including phenoxy) is 1. The summed E-state index contributed by atoms with van der Waals surface area (Å²) in [6.07, 6.45) is 1.11. The molecule has 0 bridgehead atoms. The van der Waals surface area contributed by atoms with E-state index < -0.39 is 0 Å².